The van der Waals surface area contributed by atoms with Gasteiger partial charge in [-0.05, 0) is 35.4 Å². The molecule has 24 heavy (non-hydrogen) atoms. The number of halogens is 1. The average molecular weight is 341 g/mol. The van der Waals surface area contributed by atoms with Crippen molar-refractivity contribution in [2.75, 3.05) is 19.6 Å². The Morgan fingerprint density at radius 1 is 1.25 bits per heavy atom. The van der Waals surface area contributed by atoms with Gasteiger partial charge in [-0.15, -0.1) is 0 Å². The Labute approximate surface area is 147 Å². The highest BCUT2D eigenvalue weighted by Gasteiger charge is 2.24. The molecule has 0 bridgehead atoms. The molecule has 1 fully saturated rings. The predicted octanol–water partition coefficient (Wildman–Crippen LogP) is 3.37. The topological polar surface area (TPSA) is 33.1 Å². The van der Waals surface area contributed by atoms with Gasteiger partial charge in [0.2, 0.25) is 0 Å². The molecule has 1 N–H and O–H groups in total. The van der Waals surface area contributed by atoms with Gasteiger partial charge in [0.1, 0.15) is 0 Å². The van der Waals surface area contributed by atoms with Crippen LogP contribution in [-0.2, 0) is 13.6 Å². The molecule has 1 aliphatic rings. The first-order valence-electron chi connectivity index (χ1n) is 8.31. The quantitative estimate of drug-likeness (QED) is 0.793. The summed E-state index contributed by atoms with van der Waals surface area (Å²) in [5.41, 5.74) is 4.80. The van der Waals surface area contributed by atoms with Crippen LogP contribution in [0.3, 0.4) is 0 Å². The van der Waals surface area contributed by atoms with E-state index in [0.29, 0.717) is 6.04 Å². The Kier molecular flexibility index (Phi) is 4.27. The highest BCUT2D eigenvalue weighted by Crippen LogP contribution is 2.26. The summed E-state index contributed by atoms with van der Waals surface area (Å²) in [5.74, 6) is 0. The lowest BCUT2D eigenvalue weighted by molar-refractivity contribution is 0.154. The molecule has 4 nitrogen and oxygen atoms in total. The van der Waals surface area contributed by atoms with Gasteiger partial charge in [-0.2, -0.15) is 0 Å². The first kappa shape index (κ1) is 15.6. The third-order valence-electron chi connectivity index (χ3n) is 4.76. The van der Waals surface area contributed by atoms with Crippen LogP contribution in [0.25, 0.3) is 11.0 Å². The molecule has 2 heterocycles. The maximum absolute atomic E-state index is 6.19. The van der Waals surface area contributed by atoms with Crippen molar-refractivity contribution < 1.29 is 0 Å². The van der Waals surface area contributed by atoms with E-state index in [0.717, 1.165) is 36.7 Å². The van der Waals surface area contributed by atoms with E-state index in [4.69, 9.17) is 11.6 Å². The maximum Gasteiger partial charge on any atom is 0.0955 e. The Morgan fingerprint density at radius 2 is 2.17 bits per heavy atom. The number of aryl methyl sites for hydroxylation is 1. The van der Waals surface area contributed by atoms with Crippen LogP contribution in [0.2, 0.25) is 5.02 Å². The highest BCUT2D eigenvalue weighted by atomic mass is 35.5. The maximum atomic E-state index is 6.19. The van der Waals surface area contributed by atoms with E-state index >= 15 is 0 Å². The van der Waals surface area contributed by atoms with Crippen LogP contribution in [-0.4, -0.2) is 34.1 Å². The third kappa shape index (κ3) is 3.05. The summed E-state index contributed by atoms with van der Waals surface area (Å²) in [7, 11) is 2.03. The van der Waals surface area contributed by atoms with Gasteiger partial charge in [0.25, 0.3) is 0 Å². The zero-order chi connectivity index (χ0) is 16.5. The second kappa shape index (κ2) is 6.55. The lowest BCUT2D eigenvalue weighted by atomic mass is 10.0. The van der Waals surface area contributed by atoms with Crippen LogP contribution in [0.15, 0.2) is 48.8 Å². The van der Waals surface area contributed by atoms with Crippen molar-refractivity contribution in [3.63, 3.8) is 0 Å². The zero-order valence-electron chi connectivity index (χ0n) is 13.7. The van der Waals surface area contributed by atoms with Crippen LogP contribution in [0, 0.1) is 0 Å². The summed E-state index contributed by atoms with van der Waals surface area (Å²) in [6.45, 7) is 3.91. The fraction of sp³-hybridized carbons (Fsp3) is 0.316. The first-order valence-corrected chi connectivity index (χ1v) is 8.69. The van der Waals surface area contributed by atoms with E-state index in [-0.39, 0.29) is 0 Å². The molecule has 1 aromatic heterocycles. The molecule has 4 rings (SSSR count). The molecule has 0 amide bonds. The number of nitrogens with zero attached hydrogens (tertiary/aromatic N) is 3. The molecule has 124 valence electrons. The number of benzene rings is 2. The smallest absolute Gasteiger partial charge is 0.0955 e. The minimum atomic E-state index is 0.344. The summed E-state index contributed by atoms with van der Waals surface area (Å²) in [4.78, 5) is 7.00. The minimum absolute atomic E-state index is 0.344. The van der Waals surface area contributed by atoms with Crippen molar-refractivity contribution in [2.24, 2.45) is 7.05 Å². The second-order valence-electron chi connectivity index (χ2n) is 6.42. The van der Waals surface area contributed by atoms with Crippen LogP contribution in [0.1, 0.15) is 17.2 Å². The number of hydrogen-bond donors (Lipinski definition) is 1. The molecule has 1 saturated heterocycles. The Bertz CT molecular complexity index is 857. The van der Waals surface area contributed by atoms with Gasteiger partial charge in [-0.3, -0.25) is 4.90 Å². The third-order valence-corrected chi connectivity index (χ3v) is 5.00. The standard InChI is InChI=1S/C19H21ClN4/c1-23-13-22-17-9-14(5-6-18(17)23)12-24-8-7-21-11-19(24)15-3-2-4-16(20)10-15/h2-6,9-10,13,19,21H,7-8,11-12H2,1H3. The van der Waals surface area contributed by atoms with Crippen molar-refractivity contribution in [3.8, 4) is 0 Å². The number of aromatic nitrogens is 2. The van der Waals surface area contributed by atoms with Crippen molar-refractivity contribution in [1.82, 2.24) is 19.8 Å². The molecule has 0 saturated carbocycles. The summed E-state index contributed by atoms with van der Waals surface area (Å²) in [6.07, 6.45) is 1.87. The molecule has 2 aromatic carbocycles. The molecule has 0 aliphatic carbocycles. The Balaban J connectivity index is 1.60. The van der Waals surface area contributed by atoms with E-state index in [2.05, 4.69) is 50.1 Å². The van der Waals surface area contributed by atoms with Crippen molar-refractivity contribution in [3.05, 3.63) is 64.9 Å². The van der Waals surface area contributed by atoms with Crippen LogP contribution in [0.5, 0.6) is 0 Å². The second-order valence-corrected chi connectivity index (χ2v) is 6.86. The van der Waals surface area contributed by atoms with Gasteiger partial charge >= 0.3 is 0 Å². The van der Waals surface area contributed by atoms with Gasteiger partial charge in [-0.25, -0.2) is 4.98 Å². The van der Waals surface area contributed by atoms with Crippen LogP contribution >= 0.6 is 11.6 Å². The molecule has 3 aromatic rings. The molecule has 0 radical (unpaired) electrons. The van der Waals surface area contributed by atoms with Gasteiger partial charge in [-0.1, -0.05) is 29.8 Å². The molecule has 5 heteroatoms. The SMILES string of the molecule is Cn1cnc2cc(CN3CCNCC3c3cccc(Cl)c3)ccc21. The first-order chi connectivity index (χ1) is 11.7. The molecular formula is C19H21ClN4. The molecule has 1 atom stereocenters. The minimum Gasteiger partial charge on any atom is -0.334 e. The van der Waals surface area contributed by atoms with E-state index in [1.807, 2.05) is 25.5 Å². The van der Waals surface area contributed by atoms with Crippen LogP contribution in [0.4, 0.5) is 0 Å². The molecule has 1 aliphatic heterocycles. The number of fused-ring (bicyclic) bond motifs is 1. The Morgan fingerprint density at radius 3 is 3.04 bits per heavy atom. The van der Waals surface area contributed by atoms with Crippen LogP contribution < -0.4 is 5.32 Å². The fourth-order valence-corrected chi connectivity index (χ4v) is 3.69. The molecule has 1 unspecified atom stereocenters. The summed E-state index contributed by atoms with van der Waals surface area (Å²) < 4.78 is 2.05. The average Bonchev–Trinajstić information content (AvgIpc) is 2.96. The monoisotopic (exact) mass is 340 g/mol. The van der Waals surface area contributed by atoms with Crippen molar-refractivity contribution >= 4 is 22.6 Å². The van der Waals surface area contributed by atoms with E-state index < -0.39 is 0 Å². The Hall–Kier alpha value is -1.88. The van der Waals surface area contributed by atoms with Gasteiger partial charge < -0.3 is 9.88 Å². The number of imidazole rings is 1. The number of nitrogens with one attached hydrogen (secondary N) is 1. The van der Waals surface area contributed by atoms with Crippen molar-refractivity contribution in [1.29, 1.82) is 0 Å². The lowest BCUT2D eigenvalue weighted by Crippen LogP contribution is -2.45. The number of piperazine rings is 1. The fourth-order valence-electron chi connectivity index (χ4n) is 3.49. The number of rotatable bonds is 3. The summed E-state index contributed by atoms with van der Waals surface area (Å²) in [5, 5.41) is 4.30. The normalized spacial score (nSPS) is 19.0. The van der Waals surface area contributed by atoms with Gasteiger partial charge in [0.15, 0.2) is 0 Å². The lowest BCUT2D eigenvalue weighted by Gasteiger charge is -2.36. The van der Waals surface area contributed by atoms with E-state index in [1.165, 1.54) is 16.6 Å². The predicted molar refractivity (Wildman–Crippen MR) is 98.2 cm³/mol. The van der Waals surface area contributed by atoms with Gasteiger partial charge in [0, 0.05) is 44.3 Å². The summed E-state index contributed by atoms with van der Waals surface area (Å²) >= 11 is 6.19. The van der Waals surface area contributed by atoms with Gasteiger partial charge in [0.05, 0.1) is 17.4 Å². The number of hydrogen-bond acceptors (Lipinski definition) is 3. The van der Waals surface area contributed by atoms with E-state index in [9.17, 15) is 0 Å². The molecular weight excluding hydrogens is 320 g/mol. The largest absolute Gasteiger partial charge is 0.334 e. The zero-order valence-corrected chi connectivity index (χ0v) is 14.5. The highest BCUT2D eigenvalue weighted by molar-refractivity contribution is 6.30. The molecule has 0 spiro atoms. The summed E-state index contributed by atoms with van der Waals surface area (Å²) in [6, 6.07) is 15.1. The van der Waals surface area contributed by atoms with E-state index in [1.54, 1.807) is 0 Å². The van der Waals surface area contributed by atoms with Crippen molar-refractivity contribution in [2.45, 2.75) is 12.6 Å².